The summed E-state index contributed by atoms with van der Waals surface area (Å²) in [5.74, 6) is -0.186. The number of halogens is 2. The molecule has 0 radical (unpaired) electrons. The SMILES string of the molecule is CCOc1cccc(NC(=O)c2cccc(F)c2Br)c1. The zero-order valence-corrected chi connectivity index (χ0v) is 12.4. The van der Waals surface area contributed by atoms with E-state index in [1.165, 1.54) is 12.1 Å². The molecule has 0 heterocycles. The van der Waals surface area contributed by atoms with Crippen LogP contribution in [0.4, 0.5) is 10.1 Å². The lowest BCUT2D eigenvalue weighted by molar-refractivity contribution is 0.102. The van der Waals surface area contributed by atoms with Crippen LogP contribution in [0.3, 0.4) is 0 Å². The third-order valence-electron chi connectivity index (χ3n) is 2.60. The molecule has 0 fully saturated rings. The van der Waals surface area contributed by atoms with Crippen molar-refractivity contribution < 1.29 is 13.9 Å². The quantitative estimate of drug-likeness (QED) is 0.906. The molecule has 0 aliphatic heterocycles. The van der Waals surface area contributed by atoms with Crippen LogP contribution in [0.15, 0.2) is 46.9 Å². The fraction of sp³-hybridized carbons (Fsp3) is 0.133. The van der Waals surface area contributed by atoms with Gasteiger partial charge >= 0.3 is 0 Å². The largest absolute Gasteiger partial charge is 0.494 e. The Hall–Kier alpha value is -1.88. The molecule has 104 valence electrons. The number of rotatable bonds is 4. The van der Waals surface area contributed by atoms with E-state index in [2.05, 4.69) is 21.2 Å². The highest BCUT2D eigenvalue weighted by atomic mass is 79.9. The van der Waals surface area contributed by atoms with Crippen molar-refractivity contribution in [3.05, 3.63) is 58.3 Å². The summed E-state index contributed by atoms with van der Waals surface area (Å²) in [7, 11) is 0. The Morgan fingerprint density at radius 1 is 1.30 bits per heavy atom. The van der Waals surface area contributed by atoms with Gasteiger partial charge in [0, 0.05) is 11.8 Å². The maximum Gasteiger partial charge on any atom is 0.256 e. The highest BCUT2D eigenvalue weighted by Crippen LogP contribution is 2.23. The van der Waals surface area contributed by atoms with E-state index in [4.69, 9.17) is 4.74 Å². The van der Waals surface area contributed by atoms with E-state index in [0.29, 0.717) is 18.0 Å². The van der Waals surface area contributed by atoms with Crippen molar-refractivity contribution in [2.45, 2.75) is 6.92 Å². The van der Waals surface area contributed by atoms with E-state index in [1.807, 2.05) is 6.92 Å². The number of benzene rings is 2. The molecule has 1 N–H and O–H groups in total. The zero-order chi connectivity index (χ0) is 14.5. The zero-order valence-electron chi connectivity index (χ0n) is 10.8. The van der Waals surface area contributed by atoms with Gasteiger partial charge < -0.3 is 10.1 Å². The van der Waals surface area contributed by atoms with Crippen LogP contribution < -0.4 is 10.1 Å². The Morgan fingerprint density at radius 3 is 2.80 bits per heavy atom. The van der Waals surface area contributed by atoms with Gasteiger partial charge in [-0.05, 0) is 47.1 Å². The van der Waals surface area contributed by atoms with Crippen LogP contribution in [-0.4, -0.2) is 12.5 Å². The average Bonchev–Trinajstić information content (AvgIpc) is 2.42. The summed E-state index contributed by atoms with van der Waals surface area (Å²) in [5, 5.41) is 2.71. The molecule has 0 bridgehead atoms. The highest BCUT2D eigenvalue weighted by Gasteiger charge is 2.13. The van der Waals surface area contributed by atoms with Gasteiger partial charge in [0.05, 0.1) is 16.6 Å². The van der Waals surface area contributed by atoms with Crippen LogP contribution in [-0.2, 0) is 0 Å². The molecule has 2 aromatic rings. The minimum absolute atomic E-state index is 0.151. The first-order valence-electron chi connectivity index (χ1n) is 6.10. The maximum absolute atomic E-state index is 13.4. The third-order valence-corrected chi connectivity index (χ3v) is 3.41. The van der Waals surface area contributed by atoms with Crippen LogP contribution in [0.2, 0.25) is 0 Å². The molecule has 5 heteroatoms. The Kier molecular flexibility index (Phi) is 4.74. The van der Waals surface area contributed by atoms with E-state index in [1.54, 1.807) is 30.3 Å². The lowest BCUT2D eigenvalue weighted by atomic mass is 10.2. The van der Waals surface area contributed by atoms with E-state index in [0.717, 1.165) is 0 Å². The summed E-state index contributed by atoms with van der Waals surface area (Å²) in [4.78, 5) is 12.1. The first-order chi connectivity index (χ1) is 9.61. The van der Waals surface area contributed by atoms with Gasteiger partial charge in [-0.3, -0.25) is 4.79 Å². The molecular formula is C15H13BrFNO2. The molecule has 3 nitrogen and oxygen atoms in total. The number of carbonyl (C=O) groups is 1. The minimum atomic E-state index is -0.472. The fourth-order valence-electron chi connectivity index (χ4n) is 1.71. The third kappa shape index (κ3) is 3.36. The van der Waals surface area contributed by atoms with Crippen molar-refractivity contribution in [1.29, 1.82) is 0 Å². The standard InChI is InChI=1S/C15H13BrFNO2/c1-2-20-11-6-3-5-10(9-11)18-15(19)12-7-4-8-13(17)14(12)16/h3-9H,2H2,1H3,(H,18,19). The lowest BCUT2D eigenvalue weighted by Gasteiger charge is -2.09. The van der Waals surface area contributed by atoms with Gasteiger partial charge in [-0.1, -0.05) is 12.1 Å². The fourth-order valence-corrected chi connectivity index (χ4v) is 2.15. The summed E-state index contributed by atoms with van der Waals surface area (Å²) in [6.07, 6.45) is 0. The summed E-state index contributed by atoms with van der Waals surface area (Å²) < 4.78 is 18.9. The van der Waals surface area contributed by atoms with E-state index >= 15 is 0 Å². The molecule has 20 heavy (non-hydrogen) atoms. The number of amides is 1. The van der Waals surface area contributed by atoms with Gasteiger partial charge in [0.25, 0.3) is 5.91 Å². The lowest BCUT2D eigenvalue weighted by Crippen LogP contribution is -2.13. The minimum Gasteiger partial charge on any atom is -0.494 e. The van der Waals surface area contributed by atoms with Gasteiger partial charge in [-0.15, -0.1) is 0 Å². The van der Waals surface area contributed by atoms with E-state index in [9.17, 15) is 9.18 Å². The predicted octanol–water partition coefficient (Wildman–Crippen LogP) is 4.24. The number of ether oxygens (including phenoxy) is 1. The molecule has 2 aromatic carbocycles. The van der Waals surface area contributed by atoms with Gasteiger partial charge in [0.1, 0.15) is 11.6 Å². The molecule has 0 aliphatic rings. The number of hydrogen-bond donors (Lipinski definition) is 1. The molecule has 0 saturated carbocycles. The number of carbonyl (C=O) groups excluding carboxylic acids is 1. The second-order valence-corrected chi connectivity index (χ2v) is 4.81. The summed E-state index contributed by atoms with van der Waals surface area (Å²) in [6.45, 7) is 2.43. The Balaban J connectivity index is 2.19. The van der Waals surface area contributed by atoms with Gasteiger partial charge in [0.2, 0.25) is 0 Å². The van der Waals surface area contributed by atoms with Crippen LogP contribution >= 0.6 is 15.9 Å². The molecule has 1 amide bonds. The molecule has 0 unspecified atom stereocenters. The van der Waals surface area contributed by atoms with Crippen molar-refractivity contribution in [2.24, 2.45) is 0 Å². The second kappa shape index (κ2) is 6.52. The van der Waals surface area contributed by atoms with Crippen LogP contribution in [0.5, 0.6) is 5.75 Å². The van der Waals surface area contributed by atoms with Crippen molar-refractivity contribution in [3.8, 4) is 5.75 Å². The molecule has 0 atom stereocenters. The van der Waals surface area contributed by atoms with E-state index < -0.39 is 5.82 Å². The first-order valence-corrected chi connectivity index (χ1v) is 6.89. The monoisotopic (exact) mass is 337 g/mol. The molecule has 0 spiro atoms. The Labute approximate surface area is 124 Å². The summed E-state index contributed by atoms with van der Waals surface area (Å²) in [5.41, 5.74) is 0.837. The molecule has 0 aromatic heterocycles. The van der Waals surface area contributed by atoms with Crippen molar-refractivity contribution >= 4 is 27.5 Å². The summed E-state index contributed by atoms with van der Waals surface area (Å²) >= 11 is 3.07. The molecule has 2 rings (SSSR count). The Morgan fingerprint density at radius 2 is 2.05 bits per heavy atom. The predicted molar refractivity (Wildman–Crippen MR) is 79.7 cm³/mol. The van der Waals surface area contributed by atoms with Crippen molar-refractivity contribution in [2.75, 3.05) is 11.9 Å². The second-order valence-electron chi connectivity index (χ2n) is 4.02. The van der Waals surface area contributed by atoms with Crippen LogP contribution in [0.1, 0.15) is 17.3 Å². The van der Waals surface area contributed by atoms with Gasteiger partial charge in [0.15, 0.2) is 0 Å². The maximum atomic E-state index is 13.4. The van der Waals surface area contributed by atoms with Crippen LogP contribution in [0, 0.1) is 5.82 Å². The number of anilines is 1. The van der Waals surface area contributed by atoms with Crippen LogP contribution in [0.25, 0.3) is 0 Å². The van der Waals surface area contributed by atoms with Gasteiger partial charge in [-0.25, -0.2) is 4.39 Å². The van der Waals surface area contributed by atoms with E-state index in [-0.39, 0.29) is 15.9 Å². The molecule has 0 saturated heterocycles. The summed E-state index contributed by atoms with van der Waals surface area (Å²) in [6, 6.07) is 11.4. The first kappa shape index (κ1) is 14.5. The Bertz CT molecular complexity index is 631. The normalized spacial score (nSPS) is 10.2. The molecule has 0 aliphatic carbocycles. The topological polar surface area (TPSA) is 38.3 Å². The average molecular weight is 338 g/mol. The molecular weight excluding hydrogens is 325 g/mol. The highest BCUT2D eigenvalue weighted by molar-refractivity contribution is 9.10. The van der Waals surface area contributed by atoms with Crippen molar-refractivity contribution in [1.82, 2.24) is 0 Å². The van der Waals surface area contributed by atoms with Crippen molar-refractivity contribution in [3.63, 3.8) is 0 Å². The number of hydrogen-bond acceptors (Lipinski definition) is 2. The smallest absolute Gasteiger partial charge is 0.256 e. The number of nitrogens with one attached hydrogen (secondary N) is 1. The van der Waals surface area contributed by atoms with Gasteiger partial charge in [-0.2, -0.15) is 0 Å².